The van der Waals surface area contributed by atoms with Crippen LogP contribution >= 0.6 is 24.0 Å². The molecule has 0 amide bonds. The minimum Gasteiger partial charge on any atom is -0.406 e. The van der Waals surface area contributed by atoms with Gasteiger partial charge in [-0.3, -0.25) is 4.99 Å². The fourth-order valence-corrected chi connectivity index (χ4v) is 1.99. The van der Waals surface area contributed by atoms with Crippen molar-refractivity contribution in [3.8, 4) is 5.75 Å². The van der Waals surface area contributed by atoms with Crippen LogP contribution in [0.2, 0.25) is 0 Å². The molecule has 9 heteroatoms. The number of guanidine groups is 1. The van der Waals surface area contributed by atoms with E-state index in [1.807, 2.05) is 30.3 Å². The molecule has 0 bridgehead atoms. The van der Waals surface area contributed by atoms with E-state index in [0.717, 1.165) is 18.7 Å². The Morgan fingerprint density at radius 2 is 1.65 bits per heavy atom. The molecule has 0 heterocycles. The number of rotatable bonds is 7. The molecular weight excluding hydrogens is 460 g/mol. The van der Waals surface area contributed by atoms with E-state index in [0.29, 0.717) is 12.2 Å². The van der Waals surface area contributed by atoms with Crippen LogP contribution in [0, 0.1) is 0 Å². The van der Waals surface area contributed by atoms with Crippen LogP contribution in [0.5, 0.6) is 5.75 Å². The van der Waals surface area contributed by atoms with Crippen molar-refractivity contribution in [3.05, 3.63) is 54.6 Å². The number of nitrogens with zero attached hydrogens (tertiary/aromatic N) is 1. The zero-order valence-electron chi connectivity index (χ0n) is 13.8. The van der Waals surface area contributed by atoms with Crippen LogP contribution in [0.4, 0.5) is 24.5 Å². The summed E-state index contributed by atoms with van der Waals surface area (Å²) in [6.45, 7) is 1.28. The van der Waals surface area contributed by atoms with Crippen LogP contribution in [0.1, 0.15) is 6.42 Å². The normalized spacial score (nSPS) is 11.4. The lowest BCUT2D eigenvalue weighted by molar-refractivity contribution is -0.274. The molecule has 0 atom stereocenters. The largest absolute Gasteiger partial charge is 0.573 e. The molecule has 0 fully saturated rings. The number of halogens is 4. The van der Waals surface area contributed by atoms with Gasteiger partial charge >= 0.3 is 6.36 Å². The molecule has 0 aliphatic rings. The Hall–Kier alpha value is -2.17. The maximum atomic E-state index is 12.1. The summed E-state index contributed by atoms with van der Waals surface area (Å²) in [5, 5.41) is 6.07. The summed E-state index contributed by atoms with van der Waals surface area (Å²) in [7, 11) is 0. The zero-order valence-corrected chi connectivity index (χ0v) is 16.1. The third-order valence-electron chi connectivity index (χ3n) is 3.08. The molecule has 5 nitrogen and oxygen atoms in total. The van der Waals surface area contributed by atoms with Gasteiger partial charge < -0.3 is 21.1 Å². The van der Waals surface area contributed by atoms with Crippen molar-refractivity contribution in [2.45, 2.75) is 12.8 Å². The molecule has 2 aromatic rings. The van der Waals surface area contributed by atoms with Crippen LogP contribution in [0.3, 0.4) is 0 Å². The summed E-state index contributed by atoms with van der Waals surface area (Å²) >= 11 is 0. The first-order valence-corrected chi connectivity index (χ1v) is 7.64. The lowest BCUT2D eigenvalue weighted by atomic mass is 10.3. The molecule has 0 unspecified atom stereocenters. The van der Waals surface area contributed by atoms with Crippen molar-refractivity contribution in [1.82, 2.24) is 0 Å². The SMILES string of the molecule is I.NC(=NCCCNc1ccccc1)Nc1ccc(OC(F)(F)F)cc1. The molecule has 0 aromatic heterocycles. The van der Waals surface area contributed by atoms with E-state index in [2.05, 4.69) is 20.4 Å². The number of nitrogens with one attached hydrogen (secondary N) is 2. The minimum atomic E-state index is -4.71. The number of hydrogen-bond donors (Lipinski definition) is 3. The van der Waals surface area contributed by atoms with Gasteiger partial charge in [0, 0.05) is 24.5 Å². The van der Waals surface area contributed by atoms with E-state index in [1.54, 1.807) is 0 Å². The Bertz CT molecular complexity index is 679. The zero-order chi connectivity index (χ0) is 18.1. The van der Waals surface area contributed by atoms with Gasteiger partial charge in [-0.15, -0.1) is 37.1 Å². The predicted molar refractivity (Wildman–Crippen MR) is 108 cm³/mol. The van der Waals surface area contributed by atoms with Crippen LogP contribution in [0.15, 0.2) is 59.6 Å². The second-order valence-electron chi connectivity index (χ2n) is 5.11. The molecule has 0 spiro atoms. The fraction of sp³-hybridized carbons (Fsp3) is 0.235. The lowest BCUT2D eigenvalue weighted by Gasteiger charge is -2.10. The predicted octanol–water partition coefficient (Wildman–Crippen LogP) is 4.43. The molecule has 0 aliphatic carbocycles. The van der Waals surface area contributed by atoms with Crippen LogP contribution in [-0.4, -0.2) is 25.4 Å². The van der Waals surface area contributed by atoms with Crippen molar-refractivity contribution in [3.63, 3.8) is 0 Å². The number of alkyl halides is 3. The highest BCUT2D eigenvalue weighted by atomic mass is 127. The second kappa shape index (κ2) is 10.7. The Labute approximate surface area is 166 Å². The van der Waals surface area contributed by atoms with Crippen LogP contribution < -0.4 is 21.1 Å². The number of benzene rings is 2. The van der Waals surface area contributed by atoms with Crippen molar-refractivity contribution < 1.29 is 17.9 Å². The summed E-state index contributed by atoms with van der Waals surface area (Å²) in [5.74, 6) is -0.0928. The Morgan fingerprint density at radius 1 is 1.00 bits per heavy atom. The van der Waals surface area contributed by atoms with E-state index < -0.39 is 6.36 Å². The topological polar surface area (TPSA) is 71.7 Å². The molecule has 0 saturated heterocycles. The smallest absolute Gasteiger partial charge is 0.406 e. The maximum absolute atomic E-state index is 12.1. The first kappa shape index (κ1) is 21.9. The minimum absolute atomic E-state index is 0. The summed E-state index contributed by atoms with van der Waals surface area (Å²) in [5.41, 5.74) is 7.31. The van der Waals surface area contributed by atoms with E-state index in [-0.39, 0.29) is 35.7 Å². The van der Waals surface area contributed by atoms with Gasteiger partial charge in [0.05, 0.1) is 0 Å². The van der Waals surface area contributed by atoms with Gasteiger partial charge in [0.25, 0.3) is 0 Å². The summed E-state index contributed by atoms with van der Waals surface area (Å²) in [6.07, 6.45) is -3.92. The molecule has 142 valence electrons. The Kier molecular flexibility index (Phi) is 9.03. The highest BCUT2D eigenvalue weighted by Crippen LogP contribution is 2.23. The second-order valence-corrected chi connectivity index (χ2v) is 5.11. The highest BCUT2D eigenvalue weighted by molar-refractivity contribution is 14.0. The number of para-hydroxylation sites is 1. The standard InChI is InChI=1S/C17H19F3N4O.HI/c18-17(19,20)25-15-9-7-14(8-10-15)24-16(21)23-12-4-11-22-13-5-2-1-3-6-13;/h1-3,5-10,22H,4,11-12H2,(H3,21,23,24);1H. The van der Waals surface area contributed by atoms with Gasteiger partial charge in [0.2, 0.25) is 0 Å². The van der Waals surface area contributed by atoms with Crippen molar-refractivity contribution >= 4 is 41.3 Å². The summed E-state index contributed by atoms with van der Waals surface area (Å²) in [6, 6.07) is 15.1. The third kappa shape index (κ3) is 8.79. The van der Waals surface area contributed by atoms with Crippen LogP contribution in [0.25, 0.3) is 0 Å². The Morgan fingerprint density at radius 3 is 2.27 bits per heavy atom. The van der Waals surface area contributed by atoms with Gasteiger partial charge in [-0.05, 0) is 42.8 Å². The number of hydrogen-bond acceptors (Lipinski definition) is 3. The van der Waals surface area contributed by atoms with Gasteiger partial charge in [-0.1, -0.05) is 18.2 Å². The van der Waals surface area contributed by atoms with Gasteiger partial charge in [0.15, 0.2) is 5.96 Å². The number of ether oxygens (including phenoxy) is 1. The fourth-order valence-electron chi connectivity index (χ4n) is 1.99. The number of aliphatic imine (C=N–C) groups is 1. The average molecular weight is 480 g/mol. The monoisotopic (exact) mass is 480 g/mol. The highest BCUT2D eigenvalue weighted by Gasteiger charge is 2.30. The molecule has 0 aliphatic heterocycles. The molecule has 4 N–H and O–H groups in total. The van der Waals surface area contributed by atoms with Gasteiger partial charge in [0.1, 0.15) is 5.75 Å². The Balaban J connectivity index is 0.00000338. The lowest BCUT2D eigenvalue weighted by Crippen LogP contribution is -2.23. The number of nitrogens with two attached hydrogens (primary N) is 1. The first-order chi connectivity index (χ1) is 11.9. The molecule has 0 radical (unpaired) electrons. The summed E-state index contributed by atoms with van der Waals surface area (Å²) in [4.78, 5) is 4.16. The van der Waals surface area contributed by atoms with Gasteiger partial charge in [-0.25, -0.2) is 0 Å². The molecule has 26 heavy (non-hydrogen) atoms. The van der Waals surface area contributed by atoms with E-state index in [4.69, 9.17) is 5.73 Å². The van der Waals surface area contributed by atoms with Crippen molar-refractivity contribution in [1.29, 1.82) is 0 Å². The number of anilines is 2. The average Bonchev–Trinajstić information content (AvgIpc) is 2.56. The van der Waals surface area contributed by atoms with E-state index in [9.17, 15) is 13.2 Å². The van der Waals surface area contributed by atoms with Gasteiger partial charge in [-0.2, -0.15) is 0 Å². The van der Waals surface area contributed by atoms with Crippen molar-refractivity contribution in [2.24, 2.45) is 10.7 Å². The van der Waals surface area contributed by atoms with Crippen LogP contribution in [-0.2, 0) is 0 Å². The molecule has 2 rings (SSSR count). The maximum Gasteiger partial charge on any atom is 0.573 e. The molecular formula is C17H20F3IN4O. The third-order valence-corrected chi connectivity index (χ3v) is 3.08. The van der Waals surface area contributed by atoms with Crippen molar-refractivity contribution in [2.75, 3.05) is 23.7 Å². The van der Waals surface area contributed by atoms with E-state index in [1.165, 1.54) is 24.3 Å². The molecule has 2 aromatic carbocycles. The quantitative estimate of drug-likeness (QED) is 0.237. The molecule has 0 saturated carbocycles. The van der Waals surface area contributed by atoms with E-state index >= 15 is 0 Å². The summed E-state index contributed by atoms with van der Waals surface area (Å²) < 4.78 is 40.0. The first-order valence-electron chi connectivity index (χ1n) is 7.64.